The van der Waals surface area contributed by atoms with Gasteiger partial charge < -0.3 is 0 Å². The highest BCUT2D eigenvalue weighted by Crippen LogP contribution is 2.04. The molecule has 10 heavy (non-hydrogen) atoms. The van der Waals surface area contributed by atoms with Gasteiger partial charge in [0, 0.05) is 5.75 Å². The highest BCUT2D eigenvalue weighted by atomic mass is 35.5. The molecule has 0 aliphatic heterocycles. The standard InChI is InChI=1S/C7H9NS.ClH/c8-9-6-7-4-2-1-3-5-7;/h1-5H,6,8H2;1H. The molecule has 0 saturated carbocycles. The Morgan fingerprint density at radius 2 is 1.80 bits per heavy atom. The summed E-state index contributed by atoms with van der Waals surface area (Å²) in [6.07, 6.45) is 0. The summed E-state index contributed by atoms with van der Waals surface area (Å²) in [5.74, 6) is 0.904. The minimum Gasteiger partial charge on any atom is -0.278 e. The minimum atomic E-state index is 0. The van der Waals surface area contributed by atoms with Gasteiger partial charge in [0.2, 0.25) is 0 Å². The zero-order valence-corrected chi connectivity index (χ0v) is 7.12. The van der Waals surface area contributed by atoms with Crippen LogP contribution < -0.4 is 5.14 Å². The summed E-state index contributed by atoms with van der Waals surface area (Å²) < 4.78 is 0. The second kappa shape index (κ2) is 5.59. The third-order valence-corrected chi connectivity index (χ3v) is 1.59. The maximum Gasteiger partial charge on any atom is 0.0328 e. The number of hydrogen-bond acceptors (Lipinski definition) is 2. The summed E-state index contributed by atoms with van der Waals surface area (Å²) >= 11 is 1.35. The molecule has 0 saturated heterocycles. The highest BCUT2D eigenvalue weighted by molar-refractivity contribution is 7.96. The Morgan fingerprint density at radius 1 is 1.20 bits per heavy atom. The molecule has 0 aliphatic rings. The van der Waals surface area contributed by atoms with Crippen LogP contribution in [0.4, 0.5) is 0 Å². The second-order valence-corrected chi connectivity index (χ2v) is 2.42. The van der Waals surface area contributed by atoms with Crippen LogP contribution in [0.3, 0.4) is 0 Å². The monoisotopic (exact) mass is 175 g/mol. The van der Waals surface area contributed by atoms with Crippen molar-refractivity contribution in [1.29, 1.82) is 0 Å². The van der Waals surface area contributed by atoms with Gasteiger partial charge in [-0.2, -0.15) is 0 Å². The van der Waals surface area contributed by atoms with E-state index < -0.39 is 0 Å². The molecular formula is C7H10ClNS. The van der Waals surface area contributed by atoms with Crippen LogP contribution in [0.1, 0.15) is 5.56 Å². The van der Waals surface area contributed by atoms with Gasteiger partial charge in [-0.15, -0.1) is 12.4 Å². The molecule has 0 amide bonds. The minimum absolute atomic E-state index is 0. The Labute approximate surface area is 71.5 Å². The Bertz CT molecular complexity index is 167. The lowest BCUT2D eigenvalue weighted by molar-refractivity contribution is 1.41. The van der Waals surface area contributed by atoms with Crippen LogP contribution in [0.25, 0.3) is 0 Å². The van der Waals surface area contributed by atoms with Gasteiger partial charge in [0.25, 0.3) is 0 Å². The topological polar surface area (TPSA) is 26.0 Å². The van der Waals surface area contributed by atoms with Crippen molar-refractivity contribution in [2.75, 3.05) is 0 Å². The van der Waals surface area contributed by atoms with Gasteiger partial charge in [0.15, 0.2) is 0 Å². The third-order valence-electron chi connectivity index (χ3n) is 1.09. The molecule has 0 bridgehead atoms. The van der Waals surface area contributed by atoms with Gasteiger partial charge in [-0.1, -0.05) is 42.3 Å². The largest absolute Gasteiger partial charge is 0.278 e. The van der Waals surface area contributed by atoms with Gasteiger partial charge in [-0.25, -0.2) is 0 Å². The summed E-state index contributed by atoms with van der Waals surface area (Å²) in [7, 11) is 0. The fourth-order valence-electron chi connectivity index (χ4n) is 0.670. The number of halogens is 1. The van der Waals surface area contributed by atoms with Gasteiger partial charge in [0.1, 0.15) is 0 Å². The number of rotatable bonds is 2. The van der Waals surface area contributed by atoms with E-state index in [1.807, 2.05) is 18.2 Å². The molecule has 0 radical (unpaired) electrons. The average molecular weight is 176 g/mol. The van der Waals surface area contributed by atoms with E-state index >= 15 is 0 Å². The van der Waals surface area contributed by atoms with E-state index in [4.69, 9.17) is 5.14 Å². The molecule has 1 aromatic carbocycles. The molecule has 0 aromatic heterocycles. The van der Waals surface area contributed by atoms with Crippen molar-refractivity contribution in [1.82, 2.24) is 0 Å². The van der Waals surface area contributed by atoms with Crippen molar-refractivity contribution >= 4 is 24.4 Å². The van der Waals surface area contributed by atoms with Gasteiger partial charge in [-0.3, -0.25) is 5.14 Å². The number of nitrogens with two attached hydrogens (primary N) is 1. The van der Waals surface area contributed by atoms with Gasteiger partial charge >= 0.3 is 0 Å². The molecule has 1 nitrogen and oxygen atoms in total. The van der Waals surface area contributed by atoms with Crippen molar-refractivity contribution in [3.05, 3.63) is 35.9 Å². The Balaban J connectivity index is 0.000000810. The van der Waals surface area contributed by atoms with Crippen LogP contribution in [-0.4, -0.2) is 0 Å². The Kier molecular flexibility index (Phi) is 5.49. The smallest absolute Gasteiger partial charge is 0.0328 e. The Hall–Kier alpha value is -0.180. The maximum absolute atomic E-state index is 5.28. The fourth-order valence-corrected chi connectivity index (χ4v) is 1.06. The van der Waals surface area contributed by atoms with Crippen LogP contribution in [0.15, 0.2) is 30.3 Å². The van der Waals surface area contributed by atoms with E-state index in [1.165, 1.54) is 17.5 Å². The first kappa shape index (κ1) is 9.82. The van der Waals surface area contributed by atoms with Crippen LogP contribution in [0.5, 0.6) is 0 Å². The molecule has 0 atom stereocenters. The van der Waals surface area contributed by atoms with E-state index in [-0.39, 0.29) is 12.4 Å². The molecule has 0 fully saturated rings. The molecule has 2 N–H and O–H groups in total. The number of hydrogen-bond donors (Lipinski definition) is 1. The van der Waals surface area contributed by atoms with E-state index in [1.54, 1.807) is 0 Å². The lowest BCUT2D eigenvalue weighted by Crippen LogP contribution is -1.82. The predicted molar refractivity (Wildman–Crippen MR) is 49.2 cm³/mol. The third kappa shape index (κ3) is 3.11. The highest BCUT2D eigenvalue weighted by Gasteiger charge is 1.85. The van der Waals surface area contributed by atoms with Crippen molar-refractivity contribution < 1.29 is 0 Å². The molecule has 1 rings (SSSR count). The molecule has 0 unspecified atom stereocenters. The molecule has 0 aliphatic carbocycles. The summed E-state index contributed by atoms with van der Waals surface area (Å²) in [4.78, 5) is 0. The first-order valence-electron chi connectivity index (χ1n) is 2.79. The normalized spacial score (nSPS) is 8.50. The van der Waals surface area contributed by atoms with Crippen LogP contribution >= 0.6 is 24.4 Å². The summed E-state index contributed by atoms with van der Waals surface area (Å²) in [5, 5.41) is 5.28. The molecule has 56 valence electrons. The van der Waals surface area contributed by atoms with E-state index in [2.05, 4.69) is 12.1 Å². The first-order chi connectivity index (χ1) is 4.43. The van der Waals surface area contributed by atoms with Gasteiger partial charge in [-0.05, 0) is 5.56 Å². The lowest BCUT2D eigenvalue weighted by atomic mass is 10.2. The lowest BCUT2D eigenvalue weighted by Gasteiger charge is -1.93. The van der Waals surface area contributed by atoms with Crippen molar-refractivity contribution in [3.63, 3.8) is 0 Å². The quantitative estimate of drug-likeness (QED) is 0.698. The zero-order valence-electron chi connectivity index (χ0n) is 5.49. The number of benzene rings is 1. The molecule has 3 heteroatoms. The van der Waals surface area contributed by atoms with Gasteiger partial charge in [0.05, 0.1) is 0 Å². The molecule has 1 aromatic rings. The first-order valence-corrected chi connectivity index (χ1v) is 3.84. The summed E-state index contributed by atoms with van der Waals surface area (Å²) in [6, 6.07) is 10.2. The molecule has 0 spiro atoms. The van der Waals surface area contributed by atoms with Crippen molar-refractivity contribution in [3.8, 4) is 0 Å². The van der Waals surface area contributed by atoms with E-state index in [0.29, 0.717) is 0 Å². The second-order valence-electron chi connectivity index (χ2n) is 1.80. The molecular weight excluding hydrogens is 166 g/mol. The molecule has 0 heterocycles. The average Bonchev–Trinajstić information content (AvgIpc) is 1.91. The maximum atomic E-state index is 5.28. The van der Waals surface area contributed by atoms with E-state index in [9.17, 15) is 0 Å². The van der Waals surface area contributed by atoms with Crippen LogP contribution in [0, 0.1) is 0 Å². The SMILES string of the molecule is Cl.NSCc1ccccc1. The van der Waals surface area contributed by atoms with Crippen LogP contribution in [-0.2, 0) is 5.75 Å². The summed E-state index contributed by atoms with van der Waals surface area (Å²) in [6.45, 7) is 0. The van der Waals surface area contributed by atoms with E-state index in [0.717, 1.165) is 5.75 Å². The predicted octanol–water partition coefficient (Wildman–Crippen LogP) is 2.22. The summed E-state index contributed by atoms with van der Waals surface area (Å²) in [5.41, 5.74) is 1.28. The fraction of sp³-hybridized carbons (Fsp3) is 0.143. The van der Waals surface area contributed by atoms with Crippen molar-refractivity contribution in [2.45, 2.75) is 5.75 Å². The van der Waals surface area contributed by atoms with Crippen LogP contribution in [0.2, 0.25) is 0 Å². The van der Waals surface area contributed by atoms with Crippen molar-refractivity contribution in [2.24, 2.45) is 5.14 Å². The zero-order chi connectivity index (χ0) is 6.53. The Morgan fingerprint density at radius 3 is 2.30 bits per heavy atom.